The second kappa shape index (κ2) is 6.06. The third-order valence-electron chi connectivity index (χ3n) is 4.98. The quantitative estimate of drug-likeness (QED) is 0.823. The summed E-state index contributed by atoms with van der Waals surface area (Å²) >= 11 is 0. The first-order valence-corrected chi connectivity index (χ1v) is 7.88. The Hall–Kier alpha value is -0.860. The number of benzene rings is 1. The smallest absolute Gasteiger partial charge is 0.00530 e. The number of piperidine rings is 3. The van der Waals surface area contributed by atoms with Crippen LogP contribution in [0.1, 0.15) is 42.7 Å². The SMILES string of the molecule is NCCCCc1ccc(C2CN3CCC2CC3)cc1. The van der Waals surface area contributed by atoms with E-state index in [4.69, 9.17) is 5.73 Å². The average molecular weight is 258 g/mol. The minimum atomic E-state index is 0.792. The lowest BCUT2D eigenvalue weighted by atomic mass is 9.75. The Bertz CT molecular complexity index is 390. The largest absolute Gasteiger partial charge is 0.330 e. The van der Waals surface area contributed by atoms with Crippen molar-refractivity contribution in [2.24, 2.45) is 11.7 Å². The highest BCUT2D eigenvalue weighted by Gasteiger charge is 2.34. The van der Waals surface area contributed by atoms with Crippen molar-refractivity contribution in [1.29, 1.82) is 0 Å². The van der Waals surface area contributed by atoms with Crippen molar-refractivity contribution in [2.75, 3.05) is 26.2 Å². The normalized spacial score (nSPS) is 29.6. The summed E-state index contributed by atoms with van der Waals surface area (Å²) < 4.78 is 0. The molecule has 1 aromatic rings. The Labute approximate surface area is 117 Å². The van der Waals surface area contributed by atoms with Crippen LogP contribution in [0.3, 0.4) is 0 Å². The molecule has 4 rings (SSSR count). The van der Waals surface area contributed by atoms with Crippen molar-refractivity contribution < 1.29 is 0 Å². The van der Waals surface area contributed by atoms with Crippen LogP contribution >= 0.6 is 0 Å². The Kier molecular flexibility index (Phi) is 4.19. The van der Waals surface area contributed by atoms with Gasteiger partial charge >= 0.3 is 0 Å². The number of aryl methyl sites for hydroxylation is 1. The van der Waals surface area contributed by atoms with Crippen LogP contribution in [0.4, 0.5) is 0 Å². The molecule has 2 nitrogen and oxygen atoms in total. The number of hydrogen-bond donors (Lipinski definition) is 1. The van der Waals surface area contributed by atoms with Crippen LogP contribution < -0.4 is 5.73 Å². The molecule has 1 unspecified atom stereocenters. The molecule has 0 saturated carbocycles. The van der Waals surface area contributed by atoms with Crippen LogP contribution in [-0.4, -0.2) is 31.1 Å². The fourth-order valence-electron chi connectivity index (χ4n) is 3.75. The molecule has 0 amide bonds. The third kappa shape index (κ3) is 3.01. The zero-order chi connectivity index (χ0) is 13.1. The monoisotopic (exact) mass is 258 g/mol. The van der Waals surface area contributed by atoms with Gasteiger partial charge in [0.15, 0.2) is 0 Å². The van der Waals surface area contributed by atoms with E-state index in [2.05, 4.69) is 29.2 Å². The summed E-state index contributed by atoms with van der Waals surface area (Å²) in [6.07, 6.45) is 6.35. The van der Waals surface area contributed by atoms with Crippen LogP contribution in [0.25, 0.3) is 0 Å². The second-order valence-electron chi connectivity index (χ2n) is 6.23. The van der Waals surface area contributed by atoms with E-state index >= 15 is 0 Å². The van der Waals surface area contributed by atoms with Gasteiger partial charge in [-0.1, -0.05) is 24.3 Å². The van der Waals surface area contributed by atoms with Gasteiger partial charge in [-0.2, -0.15) is 0 Å². The predicted molar refractivity (Wildman–Crippen MR) is 80.3 cm³/mol. The summed E-state index contributed by atoms with van der Waals surface area (Å²) in [5, 5.41) is 0. The first-order valence-electron chi connectivity index (χ1n) is 7.88. The molecule has 3 aliphatic heterocycles. The van der Waals surface area contributed by atoms with E-state index in [9.17, 15) is 0 Å². The van der Waals surface area contributed by atoms with Crippen LogP contribution in [0.5, 0.6) is 0 Å². The molecule has 1 aromatic carbocycles. The van der Waals surface area contributed by atoms with Gasteiger partial charge in [0.2, 0.25) is 0 Å². The lowest BCUT2D eigenvalue weighted by Crippen LogP contribution is -2.46. The van der Waals surface area contributed by atoms with Gasteiger partial charge in [-0.25, -0.2) is 0 Å². The maximum atomic E-state index is 5.54. The molecule has 0 aromatic heterocycles. The highest BCUT2D eigenvalue weighted by molar-refractivity contribution is 5.27. The highest BCUT2D eigenvalue weighted by Crippen LogP contribution is 2.38. The molecule has 1 atom stereocenters. The molecular weight excluding hydrogens is 232 g/mol. The second-order valence-corrected chi connectivity index (χ2v) is 6.23. The van der Waals surface area contributed by atoms with Crippen molar-refractivity contribution >= 4 is 0 Å². The summed E-state index contributed by atoms with van der Waals surface area (Å²) in [6.45, 7) is 4.77. The molecule has 19 heavy (non-hydrogen) atoms. The summed E-state index contributed by atoms with van der Waals surface area (Å²) in [7, 11) is 0. The van der Waals surface area contributed by atoms with E-state index in [1.165, 1.54) is 50.9 Å². The molecule has 3 saturated heterocycles. The fraction of sp³-hybridized carbons (Fsp3) is 0.647. The summed E-state index contributed by atoms with van der Waals surface area (Å²) in [5.41, 5.74) is 8.58. The van der Waals surface area contributed by atoms with E-state index in [1.54, 1.807) is 5.56 Å². The van der Waals surface area contributed by atoms with Crippen LogP contribution in [-0.2, 0) is 6.42 Å². The van der Waals surface area contributed by atoms with E-state index in [0.717, 1.165) is 24.8 Å². The Morgan fingerprint density at radius 3 is 2.37 bits per heavy atom. The lowest BCUT2D eigenvalue weighted by Gasteiger charge is -2.45. The van der Waals surface area contributed by atoms with Crippen molar-refractivity contribution in [3.63, 3.8) is 0 Å². The first-order chi connectivity index (χ1) is 9.36. The van der Waals surface area contributed by atoms with E-state index < -0.39 is 0 Å². The number of nitrogens with zero attached hydrogens (tertiary/aromatic N) is 1. The zero-order valence-electron chi connectivity index (χ0n) is 11.9. The lowest BCUT2D eigenvalue weighted by molar-refractivity contribution is 0.0871. The Balaban J connectivity index is 1.62. The average Bonchev–Trinajstić information content (AvgIpc) is 2.49. The van der Waals surface area contributed by atoms with Crippen molar-refractivity contribution in [2.45, 2.75) is 38.0 Å². The predicted octanol–water partition coefficient (Wildman–Crippen LogP) is 2.78. The van der Waals surface area contributed by atoms with Gasteiger partial charge in [-0.05, 0) is 74.7 Å². The van der Waals surface area contributed by atoms with Gasteiger partial charge < -0.3 is 10.6 Å². The summed E-state index contributed by atoms with van der Waals surface area (Å²) in [6, 6.07) is 9.43. The van der Waals surface area contributed by atoms with Crippen molar-refractivity contribution in [1.82, 2.24) is 4.90 Å². The third-order valence-corrected chi connectivity index (χ3v) is 4.98. The van der Waals surface area contributed by atoms with Crippen molar-refractivity contribution in [3.05, 3.63) is 35.4 Å². The topological polar surface area (TPSA) is 29.3 Å². The maximum absolute atomic E-state index is 5.54. The van der Waals surface area contributed by atoms with Gasteiger partial charge in [0, 0.05) is 6.54 Å². The number of fused-ring (bicyclic) bond motifs is 3. The van der Waals surface area contributed by atoms with Gasteiger partial charge in [0.05, 0.1) is 0 Å². The van der Waals surface area contributed by atoms with E-state index in [0.29, 0.717) is 0 Å². The molecule has 0 aliphatic carbocycles. The fourth-order valence-corrected chi connectivity index (χ4v) is 3.75. The molecule has 0 spiro atoms. The highest BCUT2D eigenvalue weighted by atomic mass is 15.1. The van der Waals surface area contributed by atoms with E-state index in [-0.39, 0.29) is 0 Å². The van der Waals surface area contributed by atoms with E-state index in [1.807, 2.05) is 0 Å². The molecule has 2 N–H and O–H groups in total. The maximum Gasteiger partial charge on any atom is 0.00530 e. The molecule has 3 heterocycles. The molecule has 2 heteroatoms. The van der Waals surface area contributed by atoms with Crippen LogP contribution in [0.15, 0.2) is 24.3 Å². The number of nitrogens with two attached hydrogens (primary N) is 1. The number of unbranched alkanes of at least 4 members (excludes halogenated alkanes) is 1. The Morgan fingerprint density at radius 2 is 1.79 bits per heavy atom. The summed E-state index contributed by atoms with van der Waals surface area (Å²) in [4.78, 5) is 2.64. The number of rotatable bonds is 5. The molecular formula is C17H26N2. The standard InChI is InChI=1S/C17H26N2/c18-10-2-1-3-14-4-6-15(7-5-14)17-13-19-11-8-16(17)9-12-19/h4-7,16-17H,1-3,8-13,18H2. The minimum Gasteiger partial charge on any atom is -0.330 e. The molecule has 0 radical (unpaired) electrons. The molecule has 104 valence electrons. The summed E-state index contributed by atoms with van der Waals surface area (Å²) in [5.74, 6) is 1.73. The van der Waals surface area contributed by atoms with Gasteiger partial charge in [0.1, 0.15) is 0 Å². The van der Waals surface area contributed by atoms with Crippen LogP contribution in [0, 0.1) is 5.92 Å². The molecule has 3 aliphatic rings. The Morgan fingerprint density at radius 1 is 1.05 bits per heavy atom. The number of hydrogen-bond acceptors (Lipinski definition) is 2. The van der Waals surface area contributed by atoms with Crippen LogP contribution in [0.2, 0.25) is 0 Å². The first kappa shape index (κ1) is 13.1. The molecule has 2 bridgehead atoms. The van der Waals surface area contributed by atoms with Gasteiger partial charge in [0.25, 0.3) is 0 Å². The minimum absolute atomic E-state index is 0.792. The molecule has 3 fully saturated rings. The van der Waals surface area contributed by atoms with Gasteiger partial charge in [-0.15, -0.1) is 0 Å². The van der Waals surface area contributed by atoms with Gasteiger partial charge in [-0.3, -0.25) is 0 Å². The zero-order valence-corrected chi connectivity index (χ0v) is 11.9. The van der Waals surface area contributed by atoms with Crippen molar-refractivity contribution in [3.8, 4) is 0 Å².